The lowest BCUT2D eigenvalue weighted by Crippen LogP contribution is -2.61. The van der Waals surface area contributed by atoms with Crippen molar-refractivity contribution in [1.82, 2.24) is 31.9 Å². The molecule has 7 rings (SSSR count). The van der Waals surface area contributed by atoms with Crippen LogP contribution in [0.1, 0.15) is 340 Å². The molecule has 0 saturated carbocycles. The second-order valence-electron chi connectivity index (χ2n) is 42.7. The molecule has 2 unspecified atom stereocenters. The molecule has 7 N–H and O–H groups in total. The summed E-state index contributed by atoms with van der Waals surface area (Å²) in [5, 5.41) is 33.3. The largest absolute Gasteiger partial charge is 0.507 e. The molecule has 6 fully saturated rings. The highest BCUT2D eigenvalue weighted by Crippen LogP contribution is 2.46. The number of ether oxygens (including phenoxy) is 6. The summed E-state index contributed by atoms with van der Waals surface area (Å²) in [5.41, 5.74) is -3.20. The van der Waals surface area contributed by atoms with Crippen LogP contribution in [0.15, 0.2) is 12.1 Å². The fourth-order valence-corrected chi connectivity index (χ4v) is 19.8. The second kappa shape index (κ2) is 30.9. The highest BCUT2D eigenvalue weighted by Gasteiger charge is 2.54. The Kier molecular flexibility index (Phi) is 26.3. The number of carbonyl (C=O) groups is 6. The van der Waals surface area contributed by atoms with Gasteiger partial charge >= 0.3 is 35.8 Å². The molecule has 2 atom stereocenters. The Morgan fingerprint density at radius 3 is 0.806 bits per heavy atom. The predicted molar refractivity (Wildman–Crippen MR) is 410 cm³/mol. The molecule has 103 heavy (non-hydrogen) atoms. The van der Waals surface area contributed by atoms with Gasteiger partial charge in [-0.1, -0.05) is 73.4 Å². The zero-order valence-electron chi connectivity index (χ0n) is 70.3. The van der Waals surface area contributed by atoms with E-state index in [1.54, 1.807) is 0 Å². The Morgan fingerprint density at radius 1 is 0.379 bits per heavy atom. The topological polar surface area (TPSA) is 250 Å². The van der Waals surface area contributed by atoms with Crippen molar-refractivity contribution in [3.63, 3.8) is 0 Å². The third-order valence-corrected chi connectivity index (χ3v) is 21.5. The smallest absolute Gasteiger partial charge is 0.324 e. The Balaban J connectivity index is 0.000000329. The number of phenols is 1. The molecule has 6 aliphatic rings. The van der Waals surface area contributed by atoms with Crippen LogP contribution >= 0.6 is 0 Å². The molecule has 0 aliphatic carbocycles. The van der Waals surface area contributed by atoms with E-state index in [0.29, 0.717) is 89.9 Å². The average molecular weight is 1450 g/mol. The van der Waals surface area contributed by atoms with Crippen LogP contribution in [-0.4, -0.2) is 144 Å². The van der Waals surface area contributed by atoms with Crippen LogP contribution in [0.2, 0.25) is 0 Å². The number of aromatic hydroxyl groups is 1. The summed E-state index contributed by atoms with van der Waals surface area (Å²) in [6.45, 7) is 64.7. The summed E-state index contributed by atoms with van der Waals surface area (Å²) < 4.78 is 37.7. The third kappa shape index (κ3) is 25.9. The minimum absolute atomic E-state index is 0.145. The maximum absolute atomic E-state index is 14.8. The molecule has 6 aliphatic heterocycles. The van der Waals surface area contributed by atoms with Crippen LogP contribution in [0.3, 0.4) is 0 Å². The van der Waals surface area contributed by atoms with Gasteiger partial charge in [0.15, 0.2) is 5.41 Å². The lowest BCUT2D eigenvalue weighted by molar-refractivity contribution is -0.184. The maximum atomic E-state index is 14.8. The minimum atomic E-state index is -1.53. The van der Waals surface area contributed by atoms with E-state index in [1.807, 2.05) is 12.1 Å². The number of esters is 6. The molecule has 1 aromatic carbocycles. The highest BCUT2D eigenvalue weighted by atomic mass is 16.6. The summed E-state index contributed by atoms with van der Waals surface area (Å²) in [6.07, 6.45) is 5.73. The Labute approximate surface area is 623 Å². The molecule has 19 nitrogen and oxygen atoms in total. The number of hydrogen-bond donors (Lipinski definition) is 7. The first-order valence-electron chi connectivity index (χ1n) is 39.1. The van der Waals surface area contributed by atoms with Gasteiger partial charge in [-0.2, -0.15) is 0 Å². The van der Waals surface area contributed by atoms with Crippen molar-refractivity contribution in [3.8, 4) is 5.75 Å². The second-order valence-corrected chi connectivity index (χ2v) is 42.7. The first-order chi connectivity index (χ1) is 46.2. The van der Waals surface area contributed by atoms with Crippen LogP contribution in [0.25, 0.3) is 0 Å². The number of benzene rings is 1. The van der Waals surface area contributed by atoms with Gasteiger partial charge in [-0.3, -0.25) is 28.8 Å². The fraction of sp³-hybridized carbons (Fsp3) is 0.857. The van der Waals surface area contributed by atoms with Gasteiger partial charge in [0.1, 0.15) is 42.4 Å². The van der Waals surface area contributed by atoms with Crippen molar-refractivity contribution in [2.75, 3.05) is 0 Å². The molecular weight excluding hydrogens is 1300 g/mol. The number of hydrogen-bond acceptors (Lipinski definition) is 19. The number of nitrogens with one attached hydrogen (secondary N) is 6. The van der Waals surface area contributed by atoms with Gasteiger partial charge in [-0.25, -0.2) is 0 Å². The Morgan fingerprint density at radius 2 is 0.592 bits per heavy atom. The standard InChI is InChI=1S/C44H78N4O8.C40H68N2O5/c1-37(2)19-27(20-38(3,4)45-37)53-33(49)17-31(35(51)55-29-23-41(9,10)47-42(11,12)24-29)32(36(52)56-30-25-43(13,14)48-44(15,16)26-30)18-34(50)54-28-21-39(5,6)46-40(7,8)22-28;1-16-17-18-40(32(44)46-27-22-36(8,9)41-37(10,11)23-27,33(45)47-28-24-38(12,13)42-39(14,15)25-28)21-26-19-29(34(2,3)4)31(43)30(20-26)35(5,6)7/h27-32,45-48H,17-26H2,1-16H3;19-20,27-28,41-43H,16-18,21-25H2,1-15H3. The van der Waals surface area contributed by atoms with Gasteiger partial charge in [0, 0.05) is 144 Å². The highest BCUT2D eigenvalue weighted by molar-refractivity contribution is 6.00. The minimum Gasteiger partial charge on any atom is -0.507 e. The molecule has 0 radical (unpaired) electrons. The molecule has 590 valence electrons. The van der Waals surface area contributed by atoms with E-state index < -0.39 is 90.3 Å². The van der Waals surface area contributed by atoms with Crippen molar-refractivity contribution in [2.24, 2.45) is 17.3 Å². The van der Waals surface area contributed by atoms with Crippen LogP contribution in [-0.2, 0) is 74.4 Å². The summed E-state index contributed by atoms with van der Waals surface area (Å²) in [4.78, 5) is 87.0. The van der Waals surface area contributed by atoms with Crippen LogP contribution < -0.4 is 31.9 Å². The van der Waals surface area contributed by atoms with E-state index in [4.69, 9.17) is 28.4 Å². The van der Waals surface area contributed by atoms with Gasteiger partial charge in [-0.05, 0) is 207 Å². The van der Waals surface area contributed by atoms with Crippen molar-refractivity contribution >= 4 is 35.8 Å². The van der Waals surface area contributed by atoms with Crippen molar-refractivity contribution in [2.45, 2.75) is 444 Å². The van der Waals surface area contributed by atoms with Crippen molar-refractivity contribution in [1.29, 1.82) is 0 Å². The van der Waals surface area contributed by atoms with Crippen molar-refractivity contribution < 1.29 is 62.3 Å². The zero-order valence-corrected chi connectivity index (χ0v) is 70.3. The zero-order chi connectivity index (χ0) is 78.5. The van der Waals surface area contributed by atoms with E-state index >= 15 is 0 Å². The molecule has 0 amide bonds. The van der Waals surface area contributed by atoms with Crippen LogP contribution in [0, 0.1) is 17.3 Å². The molecule has 6 heterocycles. The van der Waals surface area contributed by atoms with Crippen molar-refractivity contribution in [3.05, 3.63) is 28.8 Å². The van der Waals surface area contributed by atoms with Gasteiger partial charge in [0.25, 0.3) is 0 Å². The van der Waals surface area contributed by atoms with E-state index in [2.05, 4.69) is 247 Å². The Hall–Kier alpha value is -4.40. The SMILES string of the molecule is CC1(C)CC(OC(=O)CC(C(=O)OC2CC(C)(C)NC(C)(C)C2)C(CC(=O)OC2CC(C)(C)NC(C)(C)C2)C(=O)OC2CC(C)(C)NC(C)(C)C2)CC(C)(C)N1.CCCCC(Cc1cc(C(C)(C)C)c(O)c(C(C)(C)C)c1)(C(=O)OC1CC(C)(C)NC(C)(C)C1)C(=O)OC1CC(C)(C)NC(C)(C)C1. The monoisotopic (exact) mass is 1450 g/mol. The van der Waals surface area contributed by atoms with E-state index in [1.165, 1.54) is 0 Å². The van der Waals surface area contributed by atoms with E-state index in [-0.39, 0.29) is 102 Å². The van der Waals surface area contributed by atoms with Crippen LogP contribution in [0.4, 0.5) is 0 Å². The van der Waals surface area contributed by atoms with Gasteiger partial charge < -0.3 is 65.4 Å². The molecule has 1 aromatic rings. The lowest BCUT2D eigenvalue weighted by atomic mass is 9.73. The van der Waals surface area contributed by atoms with Gasteiger partial charge in [-0.15, -0.1) is 0 Å². The predicted octanol–water partition coefficient (Wildman–Crippen LogP) is 14.8. The average Bonchev–Trinajstić information content (AvgIpc) is 0.814. The number of carbonyl (C=O) groups excluding carboxylic acids is 6. The molecule has 0 spiro atoms. The van der Waals surface area contributed by atoms with E-state index in [0.717, 1.165) is 23.1 Å². The maximum Gasteiger partial charge on any atom is 0.324 e. The van der Waals surface area contributed by atoms with E-state index in [9.17, 15) is 33.9 Å². The first-order valence-corrected chi connectivity index (χ1v) is 39.1. The lowest BCUT2D eigenvalue weighted by Gasteiger charge is -2.47. The summed E-state index contributed by atoms with van der Waals surface area (Å²) in [5.74, 6) is -6.05. The molecular formula is C84H146N6O13. The molecule has 19 heteroatoms. The summed E-state index contributed by atoms with van der Waals surface area (Å²) >= 11 is 0. The van der Waals surface area contributed by atoms with Gasteiger partial charge in [0.2, 0.25) is 0 Å². The molecule has 0 aromatic heterocycles. The van der Waals surface area contributed by atoms with Gasteiger partial charge in [0.05, 0.1) is 24.7 Å². The first kappa shape index (κ1) is 87.5. The number of unbranched alkanes of at least 4 members (excludes halogenated alkanes) is 1. The quantitative estimate of drug-likeness (QED) is 0.0364. The number of phenolic OH excluding ortho intramolecular Hbond substituents is 1. The molecule has 0 bridgehead atoms. The Bertz CT molecular complexity index is 2880. The summed E-state index contributed by atoms with van der Waals surface area (Å²) in [7, 11) is 0. The third-order valence-electron chi connectivity index (χ3n) is 21.5. The van der Waals surface area contributed by atoms with Crippen LogP contribution in [0.5, 0.6) is 5.75 Å². The normalized spacial score (nSPS) is 25.1. The fourth-order valence-electron chi connectivity index (χ4n) is 19.8. The molecule has 6 saturated heterocycles. The number of piperidine rings is 6. The summed E-state index contributed by atoms with van der Waals surface area (Å²) in [6, 6.07) is 3.97. The number of rotatable bonds is 20.